The average Bonchev–Trinajstić information content (AvgIpc) is 2.28. The van der Waals surface area contributed by atoms with Crippen LogP contribution in [-0.2, 0) is 4.74 Å². The Morgan fingerprint density at radius 2 is 2.19 bits per heavy atom. The van der Waals surface area contributed by atoms with E-state index in [9.17, 15) is 9.18 Å². The van der Waals surface area contributed by atoms with Crippen LogP contribution in [0.15, 0.2) is 30.0 Å². The Morgan fingerprint density at radius 1 is 1.38 bits per heavy atom. The summed E-state index contributed by atoms with van der Waals surface area (Å²) in [6, 6.07) is 4.37. The molecule has 0 saturated carbocycles. The van der Waals surface area contributed by atoms with E-state index in [0.717, 1.165) is 12.0 Å². The van der Waals surface area contributed by atoms with E-state index in [1.165, 1.54) is 18.4 Å². The van der Waals surface area contributed by atoms with E-state index in [-0.39, 0.29) is 11.6 Å². The number of hydrogen-bond donors (Lipinski definition) is 0. The van der Waals surface area contributed by atoms with Crippen LogP contribution in [-0.4, -0.2) is 12.4 Å². The zero-order valence-electron chi connectivity index (χ0n) is 9.13. The van der Waals surface area contributed by atoms with Crippen molar-refractivity contribution in [3.05, 3.63) is 47.0 Å². The van der Waals surface area contributed by atoms with Crippen molar-refractivity contribution in [1.82, 2.24) is 0 Å². The van der Waals surface area contributed by atoms with Crippen molar-refractivity contribution in [3.63, 3.8) is 0 Å². The first-order valence-corrected chi connectivity index (χ1v) is 5.29. The largest absolute Gasteiger partial charge is 0.501 e. The summed E-state index contributed by atoms with van der Waals surface area (Å²) < 4.78 is 18.3. The van der Waals surface area contributed by atoms with E-state index in [1.807, 2.05) is 0 Å². The molecule has 2 nitrogen and oxygen atoms in total. The first kappa shape index (κ1) is 10.9. The van der Waals surface area contributed by atoms with Gasteiger partial charge in [-0.1, -0.05) is 0 Å². The molecule has 0 N–H and O–H groups in total. The maximum absolute atomic E-state index is 13.2. The van der Waals surface area contributed by atoms with Gasteiger partial charge in [-0.15, -0.1) is 0 Å². The average molecular weight is 220 g/mol. The second kappa shape index (κ2) is 4.47. The lowest BCUT2D eigenvalue weighted by Crippen LogP contribution is -2.09. The Morgan fingerprint density at radius 3 is 2.81 bits per heavy atom. The molecule has 84 valence electrons. The number of rotatable bonds is 2. The number of hydrogen-bond acceptors (Lipinski definition) is 2. The van der Waals surface area contributed by atoms with E-state index in [0.29, 0.717) is 24.2 Å². The first-order chi connectivity index (χ1) is 7.66. The normalized spacial score (nSPS) is 15.2. The quantitative estimate of drug-likeness (QED) is 0.716. The molecular formula is C13H13FO2. The Bertz CT molecular complexity index is 429. The number of halogens is 1. The third-order valence-corrected chi connectivity index (χ3v) is 2.53. The van der Waals surface area contributed by atoms with Crippen molar-refractivity contribution < 1.29 is 13.9 Å². The molecule has 0 radical (unpaired) electrons. The van der Waals surface area contributed by atoms with Gasteiger partial charge in [0.1, 0.15) is 5.82 Å². The van der Waals surface area contributed by atoms with Crippen LogP contribution in [0.4, 0.5) is 4.39 Å². The molecule has 0 atom stereocenters. The van der Waals surface area contributed by atoms with Gasteiger partial charge in [-0.05, 0) is 43.5 Å². The molecule has 0 aliphatic carbocycles. The minimum atomic E-state index is -0.374. The van der Waals surface area contributed by atoms with E-state index in [1.54, 1.807) is 13.0 Å². The third kappa shape index (κ3) is 2.30. The molecule has 0 aromatic heterocycles. The maximum atomic E-state index is 13.2. The summed E-state index contributed by atoms with van der Waals surface area (Å²) >= 11 is 0. The van der Waals surface area contributed by atoms with Gasteiger partial charge in [0, 0.05) is 11.1 Å². The molecule has 0 fully saturated rings. The molecule has 1 aromatic carbocycles. The minimum Gasteiger partial charge on any atom is -0.501 e. The number of aryl methyl sites for hydroxylation is 1. The van der Waals surface area contributed by atoms with Gasteiger partial charge in [-0.2, -0.15) is 0 Å². The van der Waals surface area contributed by atoms with Crippen molar-refractivity contribution in [2.75, 3.05) is 6.61 Å². The fourth-order valence-corrected chi connectivity index (χ4v) is 1.78. The number of ether oxygens (including phenoxy) is 1. The zero-order chi connectivity index (χ0) is 11.5. The number of allylic oxidation sites excluding steroid dienone is 1. The highest BCUT2D eigenvalue weighted by Crippen LogP contribution is 2.19. The molecule has 1 aliphatic rings. The molecule has 3 heteroatoms. The molecule has 0 saturated heterocycles. The van der Waals surface area contributed by atoms with Crippen molar-refractivity contribution in [1.29, 1.82) is 0 Å². The van der Waals surface area contributed by atoms with E-state index >= 15 is 0 Å². The van der Waals surface area contributed by atoms with Crippen LogP contribution in [0.3, 0.4) is 0 Å². The second-order valence-electron chi connectivity index (χ2n) is 3.96. The summed E-state index contributed by atoms with van der Waals surface area (Å²) in [6.07, 6.45) is 3.03. The van der Waals surface area contributed by atoms with Crippen LogP contribution in [0, 0.1) is 12.7 Å². The van der Waals surface area contributed by atoms with Crippen LogP contribution >= 0.6 is 0 Å². The molecule has 0 bridgehead atoms. The van der Waals surface area contributed by atoms with E-state index in [4.69, 9.17) is 4.74 Å². The van der Waals surface area contributed by atoms with Crippen LogP contribution in [0.2, 0.25) is 0 Å². The number of Topliss-reactive ketones (excluding diaryl/α,β-unsaturated/α-hetero) is 1. The zero-order valence-corrected chi connectivity index (χ0v) is 9.13. The van der Waals surface area contributed by atoms with E-state index < -0.39 is 0 Å². The molecule has 1 heterocycles. The fraction of sp³-hybridized carbons (Fsp3) is 0.308. The SMILES string of the molecule is Cc1cc(F)cc(C(=O)C2=COCCC2)c1. The highest BCUT2D eigenvalue weighted by molar-refractivity contribution is 6.08. The molecule has 2 rings (SSSR count). The Kier molecular flexibility index (Phi) is 3.04. The number of carbonyl (C=O) groups excluding carboxylic acids is 1. The predicted molar refractivity (Wildman–Crippen MR) is 58.7 cm³/mol. The summed E-state index contributed by atoms with van der Waals surface area (Å²) in [5.74, 6) is -0.511. The summed E-state index contributed by atoms with van der Waals surface area (Å²) in [7, 11) is 0. The van der Waals surface area contributed by atoms with Gasteiger partial charge in [0.05, 0.1) is 12.9 Å². The lowest BCUT2D eigenvalue weighted by Gasteiger charge is -2.12. The summed E-state index contributed by atoms with van der Waals surface area (Å²) in [4.78, 5) is 12.0. The Labute approximate surface area is 93.7 Å². The fourth-order valence-electron chi connectivity index (χ4n) is 1.78. The first-order valence-electron chi connectivity index (χ1n) is 5.29. The second-order valence-corrected chi connectivity index (χ2v) is 3.96. The van der Waals surface area contributed by atoms with Gasteiger partial charge in [-0.3, -0.25) is 4.79 Å². The van der Waals surface area contributed by atoms with Crippen LogP contribution < -0.4 is 0 Å². The minimum absolute atomic E-state index is 0.137. The van der Waals surface area contributed by atoms with Gasteiger partial charge in [-0.25, -0.2) is 4.39 Å². The summed E-state index contributed by atoms with van der Waals surface area (Å²) in [6.45, 7) is 2.42. The van der Waals surface area contributed by atoms with Gasteiger partial charge < -0.3 is 4.74 Å². The molecule has 16 heavy (non-hydrogen) atoms. The standard InChI is InChI=1S/C13H13FO2/c1-9-5-11(7-12(14)6-9)13(15)10-3-2-4-16-8-10/h5-8H,2-4H2,1H3. The molecule has 0 spiro atoms. The highest BCUT2D eigenvalue weighted by atomic mass is 19.1. The van der Waals surface area contributed by atoms with Gasteiger partial charge in [0.25, 0.3) is 0 Å². The van der Waals surface area contributed by atoms with Crippen LogP contribution in [0.5, 0.6) is 0 Å². The number of benzene rings is 1. The summed E-state index contributed by atoms with van der Waals surface area (Å²) in [5.41, 5.74) is 1.77. The van der Waals surface area contributed by atoms with Crippen molar-refractivity contribution in [2.45, 2.75) is 19.8 Å². The van der Waals surface area contributed by atoms with Crippen molar-refractivity contribution >= 4 is 5.78 Å². The molecule has 0 amide bonds. The topological polar surface area (TPSA) is 26.3 Å². The van der Waals surface area contributed by atoms with Crippen LogP contribution in [0.1, 0.15) is 28.8 Å². The maximum Gasteiger partial charge on any atom is 0.192 e. The molecule has 1 aromatic rings. The Balaban J connectivity index is 2.29. The van der Waals surface area contributed by atoms with Gasteiger partial charge in [0.2, 0.25) is 0 Å². The lowest BCUT2D eigenvalue weighted by molar-refractivity contribution is 0.101. The number of carbonyl (C=O) groups is 1. The van der Waals surface area contributed by atoms with Crippen LogP contribution in [0.25, 0.3) is 0 Å². The lowest BCUT2D eigenvalue weighted by atomic mass is 9.98. The van der Waals surface area contributed by atoms with Gasteiger partial charge >= 0.3 is 0 Å². The molecular weight excluding hydrogens is 207 g/mol. The van der Waals surface area contributed by atoms with E-state index in [2.05, 4.69) is 0 Å². The third-order valence-electron chi connectivity index (χ3n) is 2.53. The smallest absolute Gasteiger partial charge is 0.192 e. The molecule has 0 unspecified atom stereocenters. The highest BCUT2D eigenvalue weighted by Gasteiger charge is 2.16. The monoisotopic (exact) mass is 220 g/mol. The Hall–Kier alpha value is -1.64. The number of ketones is 1. The van der Waals surface area contributed by atoms with Gasteiger partial charge in [0.15, 0.2) is 5.78 Å². The summed E-state index contributed by atoms with van der Waals surface area (Å²) in [5, 5.41) is 0. The molecule has 1 aliphatic heterocycles. The van der Waals surface area contributed by atoms with Crippen molar-refractivity contribution in [3.8, 4) is 0 Å². The predicted octanol–water partition coefficient (Wildman–Crippen LogP) is 3.01. The van der Waals surface area contributed by atoms with Crippen molar-refractivity contribution in [2.24, 2.45) is 0 Å².